The van der Waals surface area contributed by atoms with E-state index in [9.17, 15) is 9.90 Å². The van der Waals surface area contributed by atoms with Crippen LogP contribution in [0, 0.1) is 0 Å². The van der Waals surface area contributed by atoms with Gasteiger partial charge in [-0.1, -0.05) is 12.1 Å². The van der Waals surface area contributed by atoms with E-state index in [0.29, 0.717) is 11.4 Å². The maximum absolute atomic E-state index is 13.1. The van der Waals surface area contributed by atoms with Gasteiger partial charge in [0.1, 0.15) is 11.6 Å². The van der Waals surface area contributed by atoms with E-state index < -0.39 is 0 Å². The molecule has 0 spiro atoms. The van der Waals surface area contributed by atoms with Gasteiger partial charge in [-0.3, -0.25) is 14.4 Å². The van der Waals surface area contributed by atoms with Gasteiger partial charge in [-0.25, -0.2) is 9.97 Å². The maximum Gasteiger partial charge on any atom is 0.257 e. The Morgan fingerprint density at radius 1 is 1.03 bits per heavy atom. The van der Waals surface area contributed by atoms with Crippen LogP contribution in [0.15, 0.2) is 55.0 Å². The van der Waals surface area contributed by atoms with Crippen LogP contribution in [0.25, 0.3) is 21.9 Å². The first-order chi connectivity index (χ1) is 17.6. The average Bonchev–Trinajstić information content (AvgIpc) is 3.70. The number of aromatic nitrogens is 4. The molecule has 184 valence electrons. The number of rotatable bonds is 6. The highest BCUT2D eigenvalue weighted by Gasteiger charge is 2.31. The molecule has 4 aromatic rings. The summed E-state index contributed by atoms with van der Waals surface area (Å²) in [6, 6.07) is 12.2. The van der Waals surface area contributed by atoms with E-state index in [2.05, 4.69) is 30.2 Å². The van der Waals surface area contributed by atoms with E-state index in [-0.39, 0.29) is 12.5 Å². The molecule has 6 rings (SSSR count). The molecule has 1 aromatic carbocycles. The van der Waals surface area contributed by atoms with E-state index >= 15 is 0 Å². The van der Waals surface area contributed by atoms with Crippen LogP contribution in [0.3, 0.4) is 0 Å². The van der Waals surface area contributed by atoms with Crippen LogP contribution in [0.1, 0.15) is 28.9 Å². The fourth-order valence-electron chi connectivity index (χ4n) is 4.95. The number of fused-ring (bicyclic) bond motifs is 1. The van der Waals surface area contributed by atoms with Crippen molar-refractivity contribution in [3.05, 3.63) is 66.2 Å². The van der Waals surface area contributed by atoms with E-state index in [1.165, 1.54) is 12.8 Å². The number of hydrogen-bond acceptors (Lipinski definition) is 7. The summed E-state index contributed by atoms with van der Waals surface area (Å²) in [5.74, 6) is 1.10. The minimum atomic E-state index is -0.215. The van der Waals surface area contributed by atoms with Crippen molar-refractivity contribution in [3.8, 4) is 11.1 Å². The number of piperazine rings is 1. The average molecular weight is 484 g/mol. The molecule has 3 aromatic heterocycles. The van der Waals surface area contributed by atoms with Crippen LogP contribution >= 0.6 is 0 Å². The van der Waals surface area contributed by atoms with Gasteiger partial charge in [-0.2, -0.15) is 5.10 Å². The Balaban J connectivity index is 1.19. The van der Waals surface area contributed by atoms with Crippen LogP contribution in [-0.4, -0.2) is 67.9 Å². The highest BCUT2D eigenvalue weighted by molar-refractivity contribution is 6.05. The van der Waals surface area contributed by atoms with Crippen LogP contribution in [0.4, 0.5) is 11.6 Å². The zero-order valence-corrected chi connectivity index (χ0v) is 20.3. The molecule has 36 heavy (non-hydrogen) atoms. The fourth-order valence-corrected chi connectivity index (χ4v) is 4.95. The molecule has 1 aliphatic carbocycles. The maximum atomic E-state index is 13.1. The van der Waals surface area contributed by atoms with E-state index in [0.717, 1.165) is 65.6 Å². The summed E-state index contributed by atoms with van der Waals surface area (Å²) in [6.07, 6.45) is 7.85. The molecule has 2 aliphatic rings. The number of carbonyl (C=O) groups is 1. The Kier molecular flexibility index (Phi) is 5.86. The molecule has 0 bridgehead atoms. The first kappa shape index (κ1) is 22.6. The monoisotopic (exact) mass is 483 g/mol. The van der Waals surface area contributed by atoms with E-state index in [1.807, 2.05) is 37.4 Å². The summed E-state index contributed by atoms with van der Waals surface area (Å²) < 4.78 is 1.67. The summed E-state index contributed by atoms with van der Waals surface area (Å²) in [5, 5.41) is 18.8. The number of carbonyl (C=O) groups excluding carboxylic acids is 1. The minimum Gasteiger partial charge on any atom is -0.390 e. The van der Waals surface area contributed by atoms with Crippen molar-refractivity contribution in [2.45, 2.75) is 25.5 Å². The molecule has 0 unspecified atom stereocenters. The number of aliphatic hydroxyl groups is 1. The molecule has 1 amide bonds. The number of aliphatic hydroxyl groups excluding tert-OH is 1. The number of benzene rings is 1. The van der Waals surface area contributed by atoms with Gasteiger partial charge < -0.3 is 15.3 Å². The molecule has 1 aliphatic heterocycles. The second-order valence-corrected chi connectivity index (χ2v) is 9.53. The van der Waals surface area contributed by atoms with Crippen molar-refractivity contribution >= 4 is 28.3 Å². The summed E-state index contributed by atoms with van der Waals surface area (Å²) >= 11 is 0. The third-order valence-electron chi connectivity index (χ3n) is 7.19. The zero-order chi connectivity index (χ0) is 24.6. The quantitative estimate of drug-likeness (QED) is 0.435. The highest BCUT2D eigenvalue weighted by atomic mass is 16.3. The van der Waals surface area contributed by atoms with Gasteiger partial charge in [-0.05, 0) is 48.1 Å². The minimum absolute atomic E-state index is 0.0916. The lowest BCUT2D eigenvalue weighted by Crippen LogP contribution is -2.47. The van der Waals surface area contributed by atoms with Gasteiger partial charge in [0.15, 0.2) is 0 Å². The summed E-state index contributed by atoms with van der Waals surface area (Å²) in [7, 11) is 1.81. The SMILES string of the molecule is Cn1ncc(-c2ccc3cnc(NC(=O)c4ccnc(N5CCN(C6CC6)CC5)c4)cc3c2)c1CO. The molecule has 0 atom stereocenters. The Morgan fingerprint density at radius 2 is 1.86 bits per heavy atom. The Labute approximate surface area is 209 Å². The third kappa shape index (κ3) is 4.43. The first-order valence-electron chi connectivity index (χ1n) is 12.4. The smallest absolute Gasteiger partial charge is 0.257 e. The van der Waals surface area contributed by atoms with Gasteiger partial charge in [0.05, 0.1) is 18.5 Å². The lowest BCUT2D eigenvalue weighted by molar-refractivity contribution is 0.102. The molecular weight excluding hydrogens is 454 g/mol. The number of nitrogens with one attached hydrogen (secondary N) is 1. The molecule has 9 nitrogen and oxygen atoms in total. The number of anilines is 2. The van der Waals surface area contributed by atoms with Gasteiger partial charge in [0.25, 0.3) is 5.91 Å². The molecule has 0 radical (unpaired) electrons. The van der Waals surface area contributed by atoms with Crippen LogP contribution in [0.5, 0.6) is 0 Å². The predicted molar refractivity (Wildman–Crippen MR) is 139 cm³/mol. The Bertz CT molecular complexity index is 1420. The van der Waals surface area contributed by atoms with Gasteiger partial charge in [0, 0.05) is 68.2 Å². The van der Waals surface area contributed by atoms with Gasteiger partial charge >= 0.3 is 0 Å². The second-order valence-electron chi connectivity index (χ2n) is 9.53. The highest BCUT2D eigenvalue weighted by Crippen LogP contribution is 2.29. The molecule has 2 fully saturated rings. The van der Waals surface area contributed by atoms with Crippen LogP contribution < -0.4 is 10.2 Å². The van der Waals surface area contributed by atoms with E-state index in [1.54, 1.807) is 29.3 Å². The number of nitrogens with zero attached hydrogens (tertiary/aromatic N) is 6. The predicted octanol–water partition coefficient (Wildman–Crippen LogP) is 3.06. The van der Waals surface area contributed by atoms with Crippen molar-refractivity contribution in [3.63, 3.8) is 0 Å². The molecule has 1 saturated carbocycles. The molecule has 9 heteroatoms. The largest absolute Gasteiger partial charge is 0.390 e. The number of hydrogen-bond donors (Lipinski definition) is 2. The van der Waals surface area contributed by atoms with Crippen molar-refractivity contribution in [1.29, 1.82) is 0 Å². The Hall–Kier alpha value is -3.82. The topological polar surface area (TPSA) is 99.4 Å². The normalized spacial score (nSPS) is 16.4. The van der Waals surface area contributed by atoms with Crippen LogP contribution in [-0.2, 0) is 13.7 Å². The summed E-state index contributed by atoms with van der Waals surface area (Å²) in [6.45, 7) is 3.86. The molecular formula is C27H29N7O2. The number of aryl methyl sites for hydroxylation is 1. The van der Waals surface area contributed by atoms with Gasteiger partial charge in [-0.15, -0.1) is 0 Å². The standard InChI is InChI=1S/C27H29N7O2/c1-32-24(17-35)23(16-30-32)18-2-3-20-15-29-25(13-21(20)12-18)31-27(36)19-6-7-28-26(14-19)34-10-8-33(9-11-34)22-4-5-22/h2-3,6-7,12-16,22,35H,4-5,8-11,17H2,1H3,(H,29,31,36). The molecule has 2 N–H and O–H groups in total. The lowest BCUT2D eigenvalue weighted by Gasteiger charge is -2.35. The fraction of sp³-hybridized carbons (Fsp3) is 0.333. The summed E-state index contributed by atoms with van der Waals surface area (Å²) in [5.41, 5.74) is 3.14. The third-order valence-corrected chi connectivity index (χ3v) is 7.19. The van der Waals surface area contributed by atoms with Crippen LogP contribution in [0.2, 0.25) is 0 Å². The van der Waals surface area contributed by atoms with Crippen molar-refractivity contribution in [1.82, 2.24) is 24.6 Å². The van der Waals surface area contributed by atoms with Crippen molar-refractivity contribution in [2.24, 2.45) is 7.05 Å². The molecule has 4 heterocycles. The zero-order valence-electron chi connectivity index (χ0n) is 20.3. The second kappa shape index (κ2) is 9.33. The van der Waals surface area contributed by atoms with Crippen molar-refractivity contribution in [2.75, 3.05) is 36.4 Å². The summed E-state index contributed by atoms with van der Waals surface area (Å²) in [4.78, 5) is 26.8. The number of amides is 1. The van der Waals surface area contributed by atoms with Crippen molar-refractivity contribution < 1.29 is 9.90 Å². The van der Waals surface area contributed by atoms with Gasteiger partial charge in [0.2, 0.25) is 0 Å². The Morgan fingerprint density at radius 3 is 2.64 bits per heavy atom. The number of pyridine rings is 2. The lowest BCUT2D eigenvalue weighted by atomic mass is 10.0. The first-order valence-corrected chi connectivity index (χ1v) is 12.4. The van der Waals surface area contributed by atoms with E-state index in [4.69, 9.17) is 0 Å². The molecule has 1 saturated heterocycles.